The van der Waals surface area contributed by atoms with Crippen LogP contribution in [-0.2, 0) is 14.2 Å². The Kier molecular flexibility index (Phi) is 5.11. The molecule has 0 N–H and O–H groups in total. The Morgan fingerprint density at radius 2 is 1.75 bits per heavy atom. The lowest BCUT2D eigenvalue weighted by Crippen LogP contribution is -2.42. The normalized spacial score (nSPS) is 22.6. The summed E-state index contributed by atoms with van der Waals surface area (Å²) >= 11 is 0. The molecule has 132 valence electrons. The first-order valence-electron chi connectivity index (χ1n) is 8.73. The lowest BCUT2D eigenvalue weighted by molar-refractivity contribution is -0.0441. The molecule has 2 saturated heterocycles. The zero-order chi connectivity index (χ0) is 17.2. The lowest BCUT2D eigenvalue weighted by Gasteiger charge is -2.34. The molecule has 2 heterocycles. The Morgan fingerprint density at radius 3 is 2.38 bits per heavy atom. The van der Waals surface area contributed by atoms with E-state index < -0.39 is 5.60 Å². The van der Waals surface area contributed by atoms with Gasteiger partial charge >= 0.3 is 6.09 Å². The molecule has 5 heteroatoms. The van der Waals surface area contributed by atoms with Gasteiger partial charge < -0.3 is 19.1 Å². The van der Waals surface area contributed by atoms with Crippen molar-refractivity contribution in [1.82, 2.24) is 4.90 Å². The minimum atomic E-state index is -0.451. The van der Waals surface area contributed by atoms with Gasteiger partial charge in [0.25, 0.3) is 0 Å². The van der Waals surface area contributed by atoms with Gasteiger partial charge in [0.1, 0.15) is 5.60 Å². The Bertz CT molecular complexity index is 558. The van der Waals surface area contributed by atoms with E-state index in [-0.39, 0.29) is 12.4 Å². The van der Waals surface area contributed by atoms with Crippen molar-refractivity contribution in [3.63, 3.8) is 0 Å². The van der Waals surface area contributed by atoms with Crippen LogP contribution < -0.4 is 0 Å². The fourth-order valence-electron chi connectivity index (χ4n) is 3.22. The van der Waals surface area contributed by atoms with Crippen LogP contribution in [0.15, 0.2) is 24.3 Å². The molecule has 0 unspecified atom stereocenters. The Labute approximate surface area is 143 Å². The monoisotopic (exact) mass is 333 g/mol. The molecule has 0 saturated carbocycles. The van der Waals surface area contributed by atoms with Crippen molar-refractivity contribution in [2.24, 2.45) is 0 Å². The minimum absolute atomic E-state index is 0.212. The Hall–Kier alpha value is -1.59. The highest BCUT2D eigenvalue weighted by atomic mass is 16.7. The van der Waals surface area contributed by atoms with Gasteiger partial charge in [0, 0.05) is 24.6 Å². The molecular weight excluding hydrogens is 306 g/mol. The van der Waals surface area contributed by atoms with E-state index in [0.29, 0.717) is 25.7 Å². The van der Waals surface area contributed by atoms with Crippen LogP contribution in [-0.4, -0.2) is 42.9 Å². The van der Waals surface area contributed by atoms with Gasteiger partial charge in [0.15, 0.2) is 6.29 Å². The van der Waals surface area contributed by atoms with Crippen molar-refractivity contribution in [3.05, 3.63) is 35.4 Å². The third-order valence-electron chi connectivity index (χ3n) is 4.37. The number of carbonyl (C=O) groups is 1. The fraction of sp³-hybridized carbons (Fsp3) is 0.632. The van der Waals surface area contributed by atoms with Crippen LogP contribution in [0.5, 0.6) is 0 Å². The fourth-order valence-corrected chi connectivity index (χ4v) is 3.22. The van der Waals surface area contributed by atoms with E-state index in [1.807, 2.05) is 25.7 Å². The molecule has 0 aromatic heterocycles. The van der Waals surface area contributed by atoms with Gasteiger partial charge in [0.05, 0.1) is 13.2 Å². The van der Waals surface area contributed by atoms with E-state index in [1.165, 1.54) is 5.56 Å². The number of hydrogen-bond acceptors (Lipinski definition) is 4. The van der Waals surface area contributed by atoms with E-state index in [2.05, 4.69) is 24.3 Å². The highest BCUT2D eigenvalue weighted by Crippen LogP contribution is 2.30. The molecule has 1 atom stereocenters. The second-order valence-corrected chi connectivity index (χ2v) is 7.51. The van der Waals surface area contributed by atoms with Gasteiger partial charge in [-0.2, -0.15) is 0 Å². The molecule has 5 nitrogen and oxygen atoms in total. The van der Waals surface area contributed by atoms with Gasteiger partial charge in [-0.3, -0.25) is 0 Å². The highest BCUT2D eigenvalue weighted by molar-refractivity contribution is 5.68. The summed E-state index contributed by atoms with van der Waals surface area (Å²) in [5, 5.41) is 0. The number of rotatable bonds is 2. The first-order valence-corrected chi connectivity index (χ1v) is 8.73. The van der Waals surface area contributed by atoms with Crippen LogP contribution in [0.2, 0.25) is 0 Å². The molecule has 0 spiro atoms. The van der Waals surface area contributed by atoms with Gasteiger partial charge in [-0.1, -0.05) is 24.3 Å². The molecular formula is C19H27NO4. The zero-order valence-electron chi connectivity index (χ0n) is 14.8. The quantitative estimate of drug-likeness (QED) is 0.825. The molecule has 1 amide bonds. The maximum absolute atomic E-state index is 12.3. The van der Waals surface area contributed by atoms with Crippen molar-refractivity contribution in [1.29, 1.82) is 0 Å². The number of carbonyl (C=O) groups excluding carboxylic acids is 1. The maximum atomic E-state index is 12.3. The summed E-state index contributed by atoms with van der Waals surface area (Å²) in [6, 6.07) is 8.39. The van der Waals surface area contributed by atoms with E-state index in [4.69, 9.17) is 14.2 Å². The van der Waals surface area contributed by atoms with Gasteiger partial charge in [-0.25, -0.2) is 4.79 Å². The molecule has 0 bridgehead atoms. The third kappa shape index (κ3) is 4.28. The number of nitrogens with zero attached hydrogens (tertiary/aromatic N) is 1. The average Bonchev–Trinajstić information content (AvgIpc) is 3.08. The molecule has 1 aromatic rings. The largest absolute Gasteiger partial charge is 0.444 e. The lowest BCUT2D eigenvalue weighted by atomic mass is 9.90. The number of ether oxygens (including phenoxy) is 3. The number of likely N-dealkylation sites (tertiary alicyclic amines) is 1. The van der Waals surface area contributed by atoms with Crippen LogP contribution in [0, 0.1) is 0 Å². The number of amides is 1. The van der Waals surface area contributed by atoms with Gasteiger partial charge in [-0.15, -0.1) is 0 Å². The van der Waals surface area contributed by atoms with E-state index in [9.17, 15) is 4.79 Å². The first kappa shape index (κ1) is 17.2. The van der Waals surface area contributed by atoms with E-state index in [1.54, 1.807) is 0 Å². The first-order chi connectivity index (χ1) is 11.4. The maximum Gasteiger partial charge on any atom is 0.410 e. The highest BCUT2D eigenvalue weighted by Gasteiger charge is 2.28. The molecule has 2 aliphatic rings. The van der Waals surface area contributed by atoms with Crippen LogP contribution in [0.25, 0.3) is 0 Å². The van der Waals surface area contributed by atoms with Crippen molar-refractivity contribution in [2.75, 3.05) is 26.3 Å². The standard InChI is InChI=1S/C19H27NO4/c1-19(2,3)24-18(21)20-10-4-5-16(13-20)14-6-8-15(9-7-14)17-22-11-12-23-17/h6-9,16-17H,4-5,10-13H2,1-3H3/t16-/m1/s1. The molecule has 1 aromatic carbocycles. The SMILES string of the molecule is CC(C)(C)OC(=O)N1CCC[C@@H](c2ccc(C3OCCO3)cc2)C1. The van der Waals surface area contributed by atoms with Crippen LogP contribution in [0.1, 0.15) is 56.9 Å². The van der Waals surface area contributed by atoms with Crippen LogP contribution in [0.4, 0.5) is 4.79 Å². The molecule has 3 rings (SSSR count). The topological polar surface area (TPSA) is 48.0 Å². The Morgan fingerprint density at radius 1 is 1.12 bits per heavy atom. The molecule has 0 radical (unpaired) electrons. The smallest absolute Gasteiger partial charge is 0.410 e. The summed E-state index contributed by atoms with van der Waals surface area (Å²) in [5.74, 6) is 0.353. The second kappa shape index (κ2) is 7.11. The summed E-state index contributed by atoms with van der Waals surface area (Å²) in [5.41, 5.74) is 1.86. The number of hydrogen-bond donors (Lipinski definition) is 0. The van der Waals surface area contributed by atoms with E-state index in [0.717, 1.165) is 24.9 Å². The second-order valence-electron chi connectivity index (χ2n) is 7.51. The van der Waals surface area contributed by atoms with Gasteiger partial charge in [0.2, 0.25) is 0 Å². The Balaban J connectivity index is 1.63. The molecule has 0 aliphatic carbocycles. The summed E-state index contributed by atoms with van der Waals surface area (Å²) in [7, 11) is 0. The predicted molar refractivity (Wildman–Crippen MR) is 90.9 cm³/mol. The van der Waals surface area contributed by atoms with Gasteiger partial charge in [-0.05, 0) is 39.2 Å². The summed E-state index contributed by atoms with van der Waals surface area (Å²) in [4.78, 5) is 14.1. The predicted octanol–water partition coefficient (Wildman–Crippen LogP) is 3.85. The van der Waals surface area contributed by atoms with Crippen molar-refractivity contribution < 1.29 is 19.0 Å². The average molecular weight is 333 g/mol. The van der Waals surface area contributed by atoms with Crippen molar-refractivity contribution in [2.45, 2.75) is 51.4 Å². The van der Waals surface area contributed by atoms with Crippen LogP contribution in [0.3, 0.4) is 0 Å². The van der Waals surface area contributed by atoms with Crippen LogP contribution >= 0.6 is 0 Å². The third-order valence-corrected chi connectivity index (χ3v) is 4.37. The van der Waals surface area contributed by atoms with E-state index >= 15 is 0 Å². The van der Waals surface area contributed by atoms with Crippen molar-refractivity contribution in [3.8, 4) is 0 Å². The molecule has 2 aliphatic heterocycles. The minimum Gasteiger partial charge on any atom is -0.444 e. The molecule has 24 heavy (non-hydrogen) atoms. The summed E-state index contributed by atoms with van der Waals surface area (Å²) < 4.78 is 16.6. The molecule has 2 fully saturated rings. The summed E-state index contributed by atoms with van der Waals surface area (Å²) in [6.45, 7) is 8.49. The summed E-state index contributed by atoms with van der Waals surface area (Å²) in [6.07, 6.45) is 1.65. The number of piperidine rings is 1. The van der Waals surface area contributed by atoms with Crippen molar-refractivity contribution >= 4 is 6.09 Å². The zero-order valence-corrected chi connectivity index (χ0v) is 14.8. The number of benzene rings is 1.